The van der Waals surface area contributed by atoms with E-state index in [1.807, 2.05) is 30.3 Å². The molecule has 0 heterocycles. The molecule has 0 bridgehead atoms. The molecule has 0 saturated heterocycles. The van der Waals surface area contributed by atoms with Gasteiger partial charge >= 0.3 is 0 Å². The van der Waals surface area contributed by atoms with Crippen molar-refractivity contribution in [1.82, 2.24) is 5.32 Å². The average Bonchev–Trinajstić information content (AvgIpc) is 2.54. The van der Waals surface area contributed by atoms with Crippen molar-refractivity contribution in [2.75, 3.05) is 6.54 Å². The van der Waals surface area contributed by atoms with Gasteiger partial charge < -0.3 is 10.4 Å². The number of carbonyl (C=O) groups is 1. The fraction of sp³-hybridized carbons (Fsp3) is 0.278. The number of amides is 1. The first-order valence-corrected chi connectivity index (χ1v) is 7.39. The van der Waals surface area contributed by atoms with Crippen molar-refractivity contribution in [3.8, 4) is 0 Å². The summed E-state index contributed by atoms with van der Waals surface area (Å²) < 4.78 is 12.8. The Kier molecular flexibility index (Phi) is 6.10. The molecule has 22 heavy (non-hydrogen) atoms. The summed E-state index contributed by atoms with van der Waals surface area (Å²) in [5, 5.41) is 12.6. The van der Waals surface area contributed by atoms with Crippen LogP contribution in [0.25, 0.3) is 0 Å². The number of rotatable bonds is 7. The molecule has 0 aliphatic carbocycles. The zero-order valence-corrected chi connectivity index (χ0v) is 12.3. The van der Waals surface area contributed by atoms with Crippen molar-refractivity contribution in [2.45, 2.75) is 25.4 Å². The van der Waals surface area contributed by atoms with Gasteiger partial charge in [0.1, 0.15) is 5.82 Å². The van der Waals surface area contributed by atoms with Gasteiger partial charge in [-0.2, -0.15) is 0 Å². The third-order valence-electron chi connectivity index (χ3n) is 3.46. The molecule has 0 saturated carbocycles. The van der Waals surface area contributed by atoms with E-state index >= 15 is 0 Å². The Balaban J connectivity index is 1.68. The minimum Gasteiger partial charge on any atom is -0.387 e. The summed E-state index contributed by atoms with van der Waals surface area (Å²) in [6, 6.07) is 15.6. The van der Waals surface area contributed by atoms with Gasteiger partial charge in [0.2, 0.25) is 5.91 Å². The van der Waals surface area contributed by atoms with Gasteiger partial charge in [0.05, 0.1) is 6.10 Å². The number of nitrogens with one attached hydrogen (secondary N) is 1. The van der Waals surface area contributed by atoms with Crippen molar-refractivity contribution in [2.24, 2.45) is 0 Å². The molecule has 0 spiro atoms. The quantitative estimate of drug-likeness (QED) is 0.826. The summed E-state index contributed by atoms with van der Waals surface area (Å²) in [5.41, 5.74) is 1.80. The van der Waals surface area contributed by atoms with Crippen LogP contribution in [0.4, 0.5) is 4.39 Å². The van der Waals surface area contributed by atoms with Gasteiger partial charge in [-0.25, -0.2) is 4.39 Å². The molecule has 0 fully saturated rings. The number of aliphatic hydroxyl groups excluding tert-OH is 1. The highest BCUT2D eigenvalue weighted by atomic mass is 19.1. The summed E-state index contributed by atoms with van der Waals surface area (Å²) in [6.07, 6.45) is 1.22. The molecule has 1 amide bonds. The average molecular weight is 301 g/mol. The first kappa shape index (κ1) is 16.2. The van der Waals surface area contributed by atoms with E-state index in [0.29, 0.717) is 12.0 Å². The molecular formula is C18H20FNO2. The van der Waals surface area contributed by atoms with E-state index in [4.69, 9.17) is 0 Å². The van der Waals surface area contributed by atoms with E-state index in [9.17, 15) is 14.3 Å². The molecule has 0 aliphatic heterocycles. The van der Waals surface area contributed by atoms with E-state index in [2.05, 4.69) is 5.32 Å². The summed E-state index contributed by atoms with van der Waals surface area (Å²) in [7, 11) is 0. The highest BCUT2D eigenvalue weighted by Crippen LogP contribution is 2.12. The lowest BCUT2D eigenvalue weighted by Gasteiger charge is -2.12. The van der Waals surface area contributed by atoms with Crippen LogP contribution in [0.15, 0.2) is 54.6 Å². The first-order chi connectivity index (χ1) is 10.6. The number of aliphatic hydroxyl groups is 1. The lowest BCUT2D eigenvalue weighted by Crippen LogP contribution is -2.28. The molecule has 2 aromatic rings. The molecule has 1 atom stereocenters. The molecule has 2 aromatic carbocycles. The van der Waals surface area contributed by atoms with Gasteiger partial charge in [0.25, 0.3) is 0 Å². The van der Waals surface area contributed by atoms with Gasteiger partial charge in [0, 0.05) is 13.0 Å². The molecule has 2 rings (SSSR count). The SMILES string of the molecule is O=C(CCCc1ccccc1)NCC(O)c1ccc(F)cc1. The number of halogens is 1. The predicted molar refractivity (Wildman–Crippen MR) is 83.7 cm³/mol. The molecule has 3 nitrogen and oxygen atoms in total. The Labute approximate surface area is 129 Å². The van der Waals surface area contributed by atoms with Crippen LogP contribution in [0.3, 0.4) is 0 Å². The number of hydrogen-bond donors (Lipinski definition) is 2. The van der Waals surface area contributed by atoms with Crippen molar-refractivity contribution in [3.05, 3.63) is 71.5 Å². The lowest BCUT2D eigenvalue weighted by molar-refractivity contribution is -0.121. The van der Waals surface area contributed by atoms with Crippen molar-refractivity contribution >= 4 is 5.91 Å². The van der Waals surface area contributed by atoms with Crippen molar-refractivity contribution in [3.63, 3.8) is 0 Å². The molecule has 0 aromatic heterocycles. The fourth-order valence-corrected chi connectivity index (χ4v) is 2.20. The minimum atomic E-state index is -0.821. The Bertz CT molecular complexity index is 584. The molecule has 116 valence electrons. The van der Waals surface area contributed by atoms with Crippen LogP contribution >= 0.6 is 0 Å². The van der Waals surface area contributed by atoms with E-state index in [1.54, 1.807) is 0 Å². The van der Waals surface area contributed by atoms with E-state index < -0.39 is 6.10 Å². The van der Waals surface area contributed by atoms with Crippen molar-refractivity contribution < 1.29 is 14.3 Å². The predicted octanol–water partition coefficient (Wildman–Crippen LogP) is 3.00. The topological polar surface area (TPSA) is 49.3 Å². The Morgan fingerprint density at radius 1 is 1.09 bits per heavy atom. The zero-order chi connectivity index (χ0) is 15.8. The highest BCUT2D eigenvalue weighted by molar-refractivity contribution is 5.75. The molecule has 2 N–H and O–H groups in total. The van der Waals surface area contributed by atoms with Crippen LogP contribution in [0.1, 0.15) is 30.1 Å². The normalized spacial score (nSPS) is 11.9. The summed E-state index contributed by atoms with van der Waals surface area (Å²) >= 11 is 0. The standard InChI is InChI=1S/C18H20FNO2/c19-16-11-9-15(10-12-16)17(21)13-20-18(22)8-4-7-14-5-2-1-3-6-14/h1-3,5-6,9-12,17,21H,4,7-8,13H2,(H,20,22). The third-order valence-corrected chi connectivity index (χ3v) is 3.46. The second kappa shape index (κ2) is 8.29. The van der Waals surface area contributed by atoms with E-state index in [0.717, 1.165) is 12.8 Å². The molecule has 0 radical (unpaired) electrons. The maximum absolute atomic E-state index is 12.8. The molecular weight excluding hydrogens is 281 g/mol. The Hall–Kier alpha value is -2.20. The van der Waals surface area contributed by atoms with Gasteiger partial charge in [-0.1, -0.05) is 42.5 Å². The highest BCUT2D eigenvalue weighted by Gasteiger charge is 2.09. The maximum Gasteiger partial charge on any atom is 0.220 e. The van der Waals surface area contributed by atoms with Crippen LogP contribution in [0.5, 0.6) is 0 Å². The van der Waals surface area contributed by atoms with Crippen LogP contribution in [-0.4, -0.2) is 17.6 Å². The molecule has 4 heteroatoms. The molecule has 0 aliphatic rings. The first-order valence-electron chi connectivity index (χ1n) is 7.39. The van der Waals surface area contributed by atoms with Crippen LogP contribution in [0, 0.1) is 5.82 Å². The number of aryl methyl sites for hydroxylation is 1. The van der Waals surface area contributed by atoms with Crippen molar-refractivity contribution in [1.29, 1.82) is 0 Å². The zero-order valence-electron chi connectivity index (χ0n) is 12.3. The second-order valence-corrected chi connectivity index (χ2v) is 5.21. The Morgan fingerprint density at radius 2 is 1.77 bits per heavy atom. The number of carbonyl (C=O) groups excluding carboxylic acids is 1. The van der Waals surface area contributed by atoms with Crippen LogP contribution in [-0.2, 0) is 11.2 Å². The monoisotopic (exact) mass is 301 g/mol. The van der Waals surface area contributed by atoms with E-state index in [-0.39, 0.29) is 18.3 Å². The number of benzene rings is 2. The van der Waals surface area contributed by atoms with E-state index in [1.165, 1.54) is 29.8 Å². The fourth-order valence-electron chi connectivity index (χ4n) is 2.20. The minimum absolute atomic E-state index is 0.0860. The van der Waals surface area contributed by atoms with Crippen LogP contribution in [0.2, 0.25) is 0 Å². The third kappa shape index (κ3) is 5.30. The van der Waals surface area contributed by atoms with Crippen LogP contribution < -0.4 is 5.32 Å². The number of hydrogen-bond acceptors (Lipinski definition) is 2. The smallest absolute Gasteiger partial charge is 0.220 e. The van der Waals surface area contributed by atoms with Gasteiger partial charge in [-0.15, -0.1) is 0 Å². The largest absolute Gasteiger partial charge is 0.387 e. The summed E-state index contributed by atoms with van der Waals surface area (Å²) in [4.78, 5) is 11.7. The summed E-state index contributed by atoms with van der Waals surface area (Å²) in [6.45, 7) is 0.135. The summed E-state index contributed by atoms with van der Waals surface area (Å²) in [5.74, 6) is -0.432. The lowest BCUT2D eigenvalue weighted by atomic mass is 10.1. The Morgan fingerprint density at radius 3 is 2.45 bits per heavy atom. The second-order valence-electron chi connectivity index (χ2n) is 5.21. The van der Waals surface area contributed by atoms with Gasteiger partial charge in [-0.05, 0) is 36.1 Å². The van der Waals surface area contributed by atoms with Gasteiger partial charge in [-0.3, -0.25) is 4.79 Å². The molecule has 1 unspecified atom stereocenters. The maximum atomic E-state index is 12.8. The van der Waals surface area contributed by atoms with Gasteiger partial charge in [0.15, 0.2) is 0 Å².